The molecule has 4 heterocycles. The van der Waals surface area contributed by atoms with Crippen LogP contribution in [0.1, 0.15) is 62.0 Å². The molecule has 47 heavy (non-hydrogen) atoms. The van der Waals surface area contributed by atoms with Crippen molar-refractivity contribution >= 4 is 23.7 Å². The van der Waals surface area contributed by atoms with Gasteiger partial charge in [-0.1, -0.05) is 12.1 Å². The highest BCUT2D eigenvalue weighted by Gasteiger charge is 2.46. The first-order valence-electron chi connectivity index (χ1n) is 15.6. The molecule has 0 aliphatic carbocycles. The van der Waals surface area contributed by atoms with E-state index in [0.29, 0.717) is 57.0 Å². The lowest BCUT2D eigenvalue weighted by Crippen LogP contribution is -2.41. The van der Waals surface area contributed by atoms with Crippen LogP contribution >= 0.6 is 0 Å². The third-order valence-electron chi connectivity index (χ3n) is 8.74. The summed E-state index contributed by atoms with van der Waals surface area (Å²) < 4.78 is 61.1. The molecular formula is C32H40F3N7O5. The normalized spacial score (nSPS) is 18.3. The van der Waals surface area contributed by atoms with Crippen LogP contribution in [0.3, 0.4) is 0 Å². The van der Waals surface area contributed by atoms with E-state index in [4.69, 9.17) is 19.9 Å². The number of nitrogens with zero attached hydrogens (tertiary/aromatic N) is 5. The second-order valence-corrected chi connectivity index (χ2v) is 12.1. The van der Waals surface area contributed by atoms with Crippen LogP contribution in [0.2, 0.25) is 0 Å². The van der Waals surface area contributed by atoms with Crippen molar-refractivity contribution in [1.82, 2.24) is 25.1 Å². The number of anilines is 2. The van der Waals surface area contributed by atoms with Gasteiger partial charge in [0, 0.05) is 43.9 Å². The smallest absolute Gasteiger partial charge is 0.429 e. The van der Waals surface area contributed by atoms with E-state index in [1.54, 1.807) is 38.2 Å². The molecule has 5 rings (SSSR count). The van der Waals surface area contributed by atoms with Crippen molar-refractivity contribution in [2.45, 2.75) is 70.7 Å². The van der Waals surface area contributed by atoms with E-state index in [-0.39, 0.29) is 52.9 Å². The van der Waals surface area contributed by atoms with Gasteiger partial charge in [-0.3, -0.25) is 9.59 Å². The topological polar surface area (TPSA) is 147 Å². The second kappa shape index (κ2) is 14.2. The lowest BCUT2D eigenvalue weighted by molar-refractivity contribution is -0.198. The van der Waals surface area contributed by atoms with E-state index < -0.39 is 12.3 Å². The van der Waals surface area contributed by atoms with Crippen molar-refractivity contribution < 1.29 is 37.0 Å². The van der Waals surface area contributed by atoms with Crippen LogP contribution in [-0.2, 0) is 25.5 Å². The molecular weight excluding hydrogens is 619 g/mol. The molecule has 3 N–H and O–H groups in total. The van der Waals surface area contributed by atoms with Crippen LogP contribution in [0.25, 0.3) is 5.69 Å². The molecule has 1 spiro atoms. The molecule has 2 fully saturated rings. The largest absolute Gasteiger partial charge is 0.469 e. The minimum atomic E-state index is -4.83. The number of hydrogen-bond acceptors (Lipinski definition) is 11. The third-order valence-corrected chi connectivity index (χ3v) is 8.74. The molecule has 0 amide bonds. The van der Waals surface area contributed by atoms with Crippen molar-refractivity contribution in [3.8, 4) is 11.6 Å². The Kier molecular flexibility index (Phi) is 10.2. The average molecular weight is 660 g/mol. The number of ether oxygens (including phenoxy) is 3. The molecule has 2 saturated heterocycles. The standard InChI is InChI=1S/C32H40F3N7O5/c1-4-46-29(44)23-18-31(19-37-23)11-14-41(15-12-31)25-17-26(39-30(36)38-25)47-28(32(33,34)35)22-9-8-21(6-5-7-27(43)45-3)16-24(22)42-13-10-20(2)40-42/h8-10,13,16-17,23,28,37H,4-7,11-12,14-15,18-19H2,1-3H3,(H2,36,38,39)/t23-,28+/m0/s1. The summed E-state index contributed by atoms with van der Waals surface area (Å²) in [5.41, 5.74) is 7.27. The minimum Gasteiger partial charge on any atom is -0.469 e. The van der Waals surface area contributed by atoms with E-state index in [1.807, 2.05) is 4.90 Å². The molecule has 254 valence electrons. The Bertz CT molecular complexity index is 1570. The zero-order chi connectivity index (χ0) is 33.8. The van der Waals surface area contributed by atoms with Gasteiger partial charge in [-0.15, -0.1) is 0 Å². The Labute approximate surface area is 270 Å². The summed E-state index contributed by atoms with van der Waals surface area (Å²) in [6.45, 7) is 5.65. The fraction of sp³-hybridized carbons (Fsp3) is 0.531. The van der Waals surface area contributed by atoms with Gasteiger partial charge in [0.1, 0.15) is 11.9 Å². The number of nitrogens with two attached hydrogens (primary N) is 1. The summed E-state index contributed by atoms with van der Waals surface area (Å²) in [6, 6.07) is 7.29. The first kappa shape index (κ1) is 33.9. The summed E-state index contributed by atoms with van der Waals surface area (Å²) in [5.74, 6) is -0.784. The Hall–Kier alpha value is -4.40. The molecule has 12 nitrogen and oxygen atoms in total. The minimum absolute atomic E-state index is 0.0834. The van der Waals surface area contributed by atoms with Gasteiger partial charge in [0.2, 0.25) is 17.9 Å². The number of piperidine rings is 1. The number of esters is 2. The quantitative estimate of drug-likeness (QED) is 0.285. The molecule has 2 aromatic heterocycles. The van der Waals surface area contributed by atoms with Crippen molar-refractivity contribution in [3.63, 3.8) is 0 Å². The number of nitrogen functional groups attached to an aromatic ring is 1. The Morgan fingerprint density at radius 2 is 1.94 bits per heavy atom. The Balaban J connectivity index is 1.37. The van der Waals surface area contributed by atoms with Gasteiger partial charge in [-0.2, -0.15) is 28.2 Å². The zero-order valence-electron chi connectivity index (χ0n) is 26.7. The number of rotatable bonds is 11. The van der Waals surface area contributed by atoms with Crippen LogP contribution in [0.4, 0.5) is 24.9 Å². The summed E-state index contributed by atoms with van der Waals surface area (Å²) in [6.07, 6.45) is -2.39. The van der Waals surface area contributed by atoms with Crippen LogP contribution in [0.15, 0.2) is 36.5 Å². The molecule has 2 atom stereocenters. The van der Waals surface area contributed by atoms with E-state index in [2.05, 4.69) is 20.4 Å². The van der Waals surface area contributed by atoms with Crippen LogP contribution in [0, 0.1) is 12.3 Å². The molecule has 2 aliphatic rings. The lowest BCUT2D eigenvalue weighted by Gasteiger charge is -2.39. The summed E-state index contributed by atoms with van der Waals surface area (Å²) in [7, 11) is 1.31. The Morgan fingerprint density at radius 1 is 1.17 bits per heavy atom. The maximum absolute atomic E-state index is 14.8. The van der Waals surface area contributed by atoms with Crippen molar-refractivity contribution in [2.75, 3.05) is 44.0 Å². The van der Waals surface area contributed by atoms with Gasteiger partial charge in [-0.05, 0) is 69.1 Å². The molecule has 0 radical (unpaired) electrons. The predicted molar refractivity (Wildman–Crippen MR) is 166 cm³/mol. The first-order chi connectivity index (χ1) is 22.4. The van der Waals surface area contributed by atoms with Gasteiger partial charge < -0.3 is 30.2 Å². The Morgan fingerprint density at radius 3 is 2.60 bits per heavy atom. The highest BCUT2D eigenvalue weighted by molar-refractivity contribution is 5.76. The molecule has 2 aliphatic heterocycles. The molecule has 15 heteroatoms. The molecule has 3 aromatic rings. The predicted octanol–water partition coefficient (Wildman–Crippen LogP) is 4.24. The summed E-state index contributed by atoms with van der Waals surface area (Å²) >= 11 is 0. The van der Waals surface area contributed by atoms with Crippen LogP contribution in [0.5, 0.6) is 5.88 Å². The average Bonchev–Trinajstić information content (AvgIpc) is 3.66. The number of benzene rings is 1. The lowest BCUT2D eigenvalue weighted by atomic mass is 9.76. The van der Waals surface area contributed by atoms with E-state index in [9.17, 15) is 22.8 Å². The monoisotopic (exact) mass is 659 g/mol. The number of hydrogen-bond donors (Lipinski definition) is 2. The SMILES string of the molecule is CCOC(=O)[C@@H]1CC2(CCN(c3cc(O[C@H](c4ccc(CCCC(=O)OC)cc4-n4ccc(C)n4)C(F)(F)F)nc(N)n3)CC2)CN1. The van der Waals surface area contributed by atoms with Gasteiger partial charge >= 0.3 is 18.1 Å². The number of nitrogens with one attached hydrogen (secondary N) is 1. The van der Waals surface area contributed by atoms with Crippen molar-refractivity contribution in [2.24, 2.45) is 5.41 Å². The highest BCUT2D eigenvalue weighted by Crippen LogP contribution is 2.42. The van der Waals surface area contributed by atoms with Crippen molar-refractivity contribution in [1.29, 1.82) is 0 Å². The van der Waals surface area contributed by atoms with Crippen molar-refractivity contribution in [3.05, 3.63) is 53.3 Å². The van der Waals surface area contributed by atoms with Gasteiger partial charge in [0.15, 0.2) is 0 Å². The van der Waals surface area contributed by atoms with E-state index in [0.717, 1.165) is 18.4 Å². The van der Waals surface area contributed by atoms with Gasteiger partial charge in [0.25, 0.3) is 0 Å². The summed E-state index contributed by atoms with van der Waals surface area (Å²) in [5, 5.41) is 7.63. The van der Waals surface area contributed by atoms with Crippen LogP contribution < -0.4 is 20.7 Å². The zero-order valence-corrected chi connectivity index (χ0v) is 26.7. The number of halogens is 3. The number of carbonyl (C=O) groups excluding carboxylic acids is 2. The molecule has 0 bridgehead atoms. The highest BCUT2D eigenvalue weighted by atomic mass is 19.4. The summed E-state index contributed by atoms with van der Waals surface area (Å²) in [4.78, 5) is 34.1. The van der Waals surface area contributed by atoms with Gasteiger partial charge in [0.05, 0.1) is 25.1 Å². The van der Waals surface area contributed by atoms with Gasteiger partial charge in [-0.25, -0.2) is 4.68 Å². The number of aromatic nitrogens is 4. The number of carbonyl (C=O) groups is 2. The van der Waals surface area contributed by atoms with E-state index >= 15 is 0 Å². The maximum atomic E-state index is 14.8. The first-order valence-corrected chi connectivity index (χ1v) is 15.6. The molecule has 1 aromatic carbocycles. The number of methoxy groups -OCH3 is 1. The molecule has 0 saturated carbocycles. The molecule has 0 unspecified atom stereocenters. The van der Waals surface area contributed by atoms with E-state index in [1.165, 1.54) is 23.9 Å². The number of aryl methyl sites for hydroxylation is 2. The fourth-order valence-corrected chi connectivity index (χ4v) is 6.25. The fourth-order valence-electron chi connectivity index (χ4n) is 6.25. The third kappa shape index (κ3) is 8.13. The van der Waals surface area contributed by atoms with Crippen LogP contribution in [-0.4, -0.2) is 77.3 Å². The number of alkyl halides is 3. The maximum Gasteiger partial charge on any atom is 0.429 e. The second-order valence-electron chi connectivity index (χ2n) is 12.1.